The number of ether oxygens (including phenoxy) is 1. The van der Waals surface area contributed by atoms with Crippen molar-refractivity contribution in [2.75, 3.05) is 12.4 Å². The van der Waals surface area contributed by atoms with Crippen LogP contribution >= 0.6 is 11.8 Å². The third kappa shape index (κ3) is 6.58. The summed E-state index contributed by atoms with van der Waals surface area (Å²) < 4.78 is 18.0. The van der Waals surface area contributed by atoms with Crippen LogP contribution in [0, 0.1) is 0 Å². The van der Waals surface area contributed by atoms with Crippen LogP contribution in [0.2, 0.25) is 0 Å². The highest BCUT2D eigenvalue weighted by Gasteiger charge is 2.26. The summed E-state index contributed by atoms with van der Waals surface area (Å²) in [6.07, 6.45) is -0.252. The topological polar surface area (TPSA) is 63.6 Å². The molecule has 1 fully saturated rings. The molecule has 1 aliphatic heterocycles. The van der Waals surface area contributed by atoms with Crippen LogP contribution < -0.4 is 0 Å². The number of thioether (sulfide) groups is 1. The molecular weight excluding hydrogens is 343 g/mol. The van der Waals surface area contributed by atoms with E-state index in [9.17, 15) is 14.0 Å². The molecule has 1 heterocycles. The zero-order valence-corrected chi connectivity index (χ0v) is 14.3. The van der Waals surface area contributed by atoms with E-state index in [0.29, 0.717) is 29.9 Å². The second kappa shape index (κ2) is 9.84. The Morgan fingerprint density at radius 2 is 1.60 bits per heavy atom. The monoisotopic (exact) mass is 362 g/mol. The van der Waals surface area contributed by atoms with Crippen LogP contribution in [0.3, 0.4) is 0 Å². The van der Waals surface area contributed by atoms with Crippen molar-refractivity contribution in [3.8, 4) is 0 Å². The second-order valence-electron chi connectivity index (χ2n) is 5.42. The number of alkyl halides is 1. The van der Waals surface area contributed by atoms with Crippen LogP contribution in [-0.2, 0) is 4.74 Å². The van der Waals surface area contributed by atoms with Crippen molar-refractivity contribution in [3.05, 3.63) is 71.8 Å². The van der Waals surface area contributed by atoms with Crippen LogP contribution in [0.5, 0.6) is 0 Å². The summed E-state index contributed by atoms with van der Waals surface area (Å²) in [5.74, 6) is -0.688. The maximum absolute atomic E-state index is 12.9. The lowest BCUT2D eigenvalue weighted by Crippen LogP contribution is -2.14. The summed E-state index contributed by atoms with van der Waals surface area (Å²) in [5, 5.41) is 8.50. The molecule has 0 aromatic heterocycles. The average Bonchev–Trinajstić information content (AvgIpc) is 3.07. The van der Waals surface area contributed by atoms with Crippen molar-refractivity contribution in [1.29, 1.82) is 0 Å². The molecule has 2 atom stereocenters. The van der Waals surface area contributed by atoms with Crippen LogP contribution in [0.25, 0.3) is 0 Å². The van der Waals surface area contributed by atoms with Gasteiger partial charge in [-0.25, -0.2) is 14.0 Å². The Hall–Kier alpha value is -2.34. The molecule has 2 aromatic rings. The lowest BCUT2D eigenvalue weighted by atomic mass is 10.2. The fourth-order valence-electron chi connectivity index (χ4n) is 2.18. The van der Waals surface area contributed by atoms with E-state index in [1.165, 1.54) is 11.8 Å². The van der Waals surface area contributed by atoms with E-state index in [-0.39, 0.29) is 11.2 Å². The Bertz CT molecular complexity index is 678. The maximum atomic E-state index is 12.9. The second-order valence-corrected chi connectivity index (χ2v) is 6.76. The number of carbonyl (C=O) groups excluding carboxylic acids is 1. The van der Waals surface area contributed by atoms with Crippen LogP contribution in [0.4, 0.5) is 4.39 Å². The lowest BCUT2D eigenvalue weighted by Gasteiger charge is -2.09. The fourth-order valence-corrected chi connectivity index (χ4v) is 3.31. The van der Waals surface area contributed by atoms with Crippen molar-refractivity contribution in [2.24, 2.45) is 0 Å². The summed E-state index contributed by atoms with van der Waals surface area (Å²) in [6.45, 7) is 0.304. The number of carboxylic acid groups (broad SMARTS) is 1. The minimum absolute atomic E-state index is 0.114. The van der Waals surface area contributed by atoms with Gasteiger partial charge in [-0.15, -0.1) is 0 Å². The van der Waals surface area contributed by atoms with E-state index in [2.05, 4.69) is 0 Å². The molecule has 3 rings (SSSR count). The minimum Gasteiger partial charge on any atom is -0.478 e. The molecule has 0 bridgehead atoms. The molecule has 0 amide bonds. The molecule has 6 heteroatoms. The highest BCUT2D eigenvalue weighted by molar-refractivity contribution is 8.00. The third-order valence-corrected chi connectivity index (χ3v) is 4.82. The van der Waals surface area contributed by atoms with Crippen molar-refractivity contribution in [3.63, 3.8) is 0 Å². The van der Waals surface area contributed by atoms with Gasteiger partial charge in [0.15, 0.2) is 0 Å². The normalized spacial score (nSPS) is 18.8. The average molecular weight is 362 g/mol. The highest BCUT2D eigenvalue weighted by atomic mass is 32.2. The van der Waals surface area contributed by atoms with Gasteiger partial charge in [-0.3, -0.25) is 0 Å². The molecule has 1 saturated heterocycles. The van der Waals surface area contributed by atoms with Crippen molar-refractivity contribution < 1.29 is 23.8 Å². The van der Waals surface area contributed by atoms with Gasteiger partial charge >= 0.3 is 11.9 Å². The molecule has 0 unspecified atom stereocenters. The van der Waals surface area contributed by atoms with Crippen LogP contribution in [-0.4, -0.2) is 40.8 Å². The van der Waals surface area contributed by atoms with Crippen molar-refractivity contribution >= 4 is 23.7 Å². The predicted molar refractivity (Wildman–Crippen MR) is 95.9 cm³/mol. The Kier molecular flexibility index (Phi) is 7.47. The van der Waals surface area contributed by atoms with E-state index < -0.39 is 12.1 Å². The van der Waals surface area contributed by atoms with E-state index in [0.717, 1.165) is 0 Å². The summed E-state index contributed by atoms with van der Waals surface area (Å²) in [7, 11) is 0. The summed E-state index contributed by atoms with van der Waals surface area (Å²) in [6, 6.07) is 17.1. The molecule has 1 aliphatic rings. The zero-order valence-electron chi connectivity index (χ0n) is 13.5. The van der Waals surface area contributed by atoms with Gasteiger partial charge in [0.2, 0.25) is 0 Å². The molecule has 0 aliphatic carbocycles. The van der Waals surface area contributed by atoms with Gasteiger partial charge in [0.1, 0.15) is 12.8 Å². The molecular formula is C19H19FO4S. The molecule has 25 heavy (non-hydrogen) atoms. The first-order valence-electron chi connectivity index (χ1n) is 7.82. The van der Waals surface area contributed by atoms with Crippen LogP contribution in [0.1, 0.15) is 27.1 Å². The molecule has 0 spiro atoms. The standard InChI is InChI=1S/C12H13FO2S.C7H6O2/c13-10-6-11(16-8-10)7-15-12(14)9-4-2-1-3-5-9;8-7(9)6-4-2-1-3-5-6/h1-5,10-11H,6-8H2;1-5H,(H,8,9)/t10-,11+;/m0./s1. The number of carboxylic acids is 1. The number of carbonyl (C=O) groups is 2. The Balaban J connectivity index is 0.000000212. The third-order valence-electron chi connectivity index (χ3n) is 3.46. The van der Waals surface area contributed by atoms with Gasteiger partial charge < -0.3 is 9.84 Å². The first kappa shape index (κ1) is 19.0. The number of esters is 1. The van der Waals surface area contributed by atoms with E-state index in [1.54, 1.807) is 54.6 Å². The predicted octanol–water partition coefficient (Wildman–Crippen LogP) is 4.07. The first-order valence-corrected chi connectivity index (χ1v) is 8.87. The fraction of sp³-hybridized carbons (Fsp3) is 0.263. The minimum atomic E-state index is -0.879. The highest BCUT2D eigenvalue weighted by Crippen LogP contribution is 2.28. The number of benzene rings is 2. The van der Waals surface area contributed by atoms with Gasteiger partial charge in [0.25, 0.3) is 0 Å². The Labute approximate surface area is 150 Å². The molecule has 0 saturated carbocycles. The molecule has 0 radical (unpaired) electrons. The summed E-state index contributed by atoms with van der Waals surface area (Å²) in [4.78, 5) is 21.8. The zero-order chi connectivity index (χ0) is 18.1. The smallest absolute Gasteiger partial charge is 0.338 e. The van der Waals surface area contributed by atoms with E-state index in [1.807, 2.05) is 6.07 Å². The van der Waals surface area contributed by atoms with Gasteiger partial charge in [-0.1, -0.05) is 36.4 Å². The Morgan fingerprint density at radius 3 is 2.04 bits per heavy atom. The summed E-state index contributed by atoms with van der Waals surface area (Å²) >= 11 is 1.54. The largest absolute Gasteiger partial charge is 0.478 e. The molecule has 1 N–H and O–H groups in total. The quantitative estimate of drug-likeness (QED) is 0.831. The molecule has 132 valence electrons. The molecule has 4 nitrogen and oxygen atoms in total. The Morgan fingerprint density at radius 1 is 1.04 bits per heavy atom. The first-order chi connectivity index (χ1) is 12.1. The van der Waals surface area contributed by atoms with Crippen molar-refractivity contribution in [2.45, 2.75) is 17.8 Å². The van der Waals surface area contributed by atoms with Crippen molar-refractivity contribution in [1.82, 2.24) is 0 Å². The number of halogens is 1. The number of hydrogen-bond donors (Lipinski definition) is 1. The number of hydrogen-bond acceptors (Lipinski definition) is 4. The van der Waals surface area contributed by atoms with Crippen LogP contribution in [0.15, 0.2) is 60.7 Å². The van der Waals surface area contributed by atoms with E-state index in [4.69, 9.17) is 9.84 Å². The maximum Gasteiger partial charge on any atom is 0.338 e. The number of aromatic carboxylic acids is 1. The van der Waals surface area contributed by atoms with Gasteiger partial charge in [-0.2, -0.15) is 11.8 Å². The lowest BCUT2D eigenvalue weighted by molar-refractivity contribution is 0.0501. The SMILES string of the molecule is O=C(O)c1ccccc1.O=C(OC[C@H]1C[C@H](F)CS1)c1ccccc1. The summed E-state index contributed by atoms with van der Waals surface area (Å²) in [5.41, 5.74) is 0.875. The van der Waals surface area contributed by atoms with Gasteiger partial charge in [0.05, 0.1) is 11.1 Å². The molecule has 2 aromatic carbocycles. The van der Waals surface area contributed by atoms with E-state index >= 15 is 0 Å². The number of rotatable bonds is 4. The van der Waals surface area contributed by atoms with Gasteiger partial charge in [0, 0.05) is 11.0 Å². The van der Waals surface area contributed by atoms with Gasteiger partial charge in [-0.05, 0) is 30.7 Å².